The van der Waals surface area contributed by atoms with Crippen molar-refractivity contribution in [1.82, 2.24) is 5.32 Å². The molecule has 13 heavy (non-hydrogen) atoms. The van der Waals surface area contributed by atoms with Crippen molar-refractivity contribution in [3.63, 3.8) is 0 Å². The quantitative estimate of drug-likeness (QED) is 0.675. The molecular weight excluding hydrogens is 170 g/mol. The molecule has 0 aromatic rings. The van der Waals surface area contributed by atoms with Crippen LogP contribution < -0.4 is 5.32 Å². The first-order chi connectivity index (χ1) is 5.99. The van der Waals surface area contributed by atoms with Gasteiger partial charge in [-0.05, 0) is 12.3 Å². The third kappa shape index (κ3) is 4.50. The zero-order chi connectivity index (χ0) is 10.4. The third-order valence-electron chi connectivity index (χ3n) is 1.94. The van der Waals surface area contributed by atoms with Crippen LogP contribution in [0.25, 0.3) is 0 Å². The first-order valence-corrected chi connectivity index (χ1v) is 4.49. The highest BCUT2D eigenvalue weighted by atomic mass is 16.4. The van der Waals surface area contributed by atoms with E-state index in [0.717, 1.165) is 12.8 Å². The zero-order valence-electron chi connectivity index (χ0n) is 8.33. The lowest BCUT2D eigenvalue weighted by Gasteiger charge is -2.19. The largest absolute Gasteiger partial charge is 0.480 e. The van der Waals surface area contributed by atoms with Gasteiger partial charge in [-0.1, -0.05) is 20.3 Å². The minimum atomic E-state index is -0.962. The molecule has 2 atom stereocenters. The monoisotopic (exact) mass is 187 g/mol. The van der Waals surface area contributed by atoms with Crippen LogP contribution in [0.1, 0.15) is 33.6 Å². The highest BCUT2D eigenvalue weighted by molar-refractivity contribution is 5.82. The smallest absolute Gasteiger partial charge is 0.326 e. The second kappa shape index (κ2) is 5.56. The highest BCUT2D eigenvalue weighted by Crippen LogP contribution is 2.10. The molecule has 0 aliphatic rings. The highest BCUT2D eigenvalue weighted by Gasteiger charge is 2.24. The van der Waals surface area contributed by atoms with Crippen LogP contribution in [0.5, 0.6) is 0 Å². The molecule has 0 fully saturated rings. The number of carboxylic acid groups (broad SMARTS) is 1. The summed E-state index contributed by atoms with van der Waals surface area (Å²) >= 11 is 0. The molecule has 76 valence electrons. The first-order valence-electron chi connectivity index (χ1n) is 4.49. The number of carboxylic acids is 1. The lowest BCUT2D eigenvalue weighted by Crippen LogP contribution is -2.44. The molecule has 4 nitrogen and oxygen atoms in total. The number of carbonyl (C=O) groups is 2. The normalized spacial score (nSPS) is 14.7. The van der Waals surface area contributed by atoms with Crippen LogP contribution >= 0.6 is 0 Å². The summed E-state index contributed by atoms with van der Waals surface area (Å²) < 4.78 is 0. The molecule has 2 N–H and O–H groups in total. The van der Waals surface area contributed by atoms with Gasteiger partial charge in [0.15, 0.2) is 0 Å². The van der Waals surface area contributed by atoms with E-state index in [9.17, 15) is 9.59 Å². The van der Waals surface area contributed by atoms with Crippen LogP contribution in [0.15, 0.2) is 0 Å². The number of rotatable bonds is 5. The number of amides is 1. The second-order valence-corrected chi connectivity index (χ2v) is 3.28. The Kier molecular flexibility index (Phi) is 5.11. The SMILES string of the molecule is CCCC(C)C(NC(C)=O)C(=O)O. The van der Waals surface area contributed by atoms with Gasteiger partial charge in [-0.3, -0.25) is 4.79 Å². The van der Waals surface area contributed by atoms with E-state index in [1.165, 1.54) is 6.92 Å². The van der Waals surface area contributed by atoms with Crippen molar-refractivity contribution in [1.29, 1.82) is 0 Å². The topological polar surface area (TPSA) is 66.4 Å². The minimum Gasteiger partial charge on any atom is -0.480 e. The van der Waals surface area contributed by atoms with Gasteiger partial charge in [0.25, 0.3) is 0 Å². The molecule has 4 heteroatoms. The lowest BCUT2D eigenvalue weighted by molar-refractivity contribution is -0.143. The summed E-state index contributed by atoms with van der Waals surface area (Å²) in [5.41, 5.74) is 0. The Morgan fingerprint density at radius 2 is 2.00 bits per heavy atom. The minimum absolute atomic E-state index is 0.0219. The van der Waals surface area contributed by atoms with E-state index in [-0.39, 0.29) is 11.8 Å². The number of hydrogen-bond donors (Lipinski definition) is 2. The molecule has 0 bridgehead atoms. The number of aliphatic carboxylic acids is 1. The number of carbonyl (C=O) groups excluding carboxylic acids is 1. The fourth-order valence-electron chi connectivity index (χ4n) is 1.29. The average molecular weight is 187 g/mol. The first kappa shape index (κ1) is 11.9. The van der Waals surface area contributed by atoms with E-state index in [1.54, 1.807) is 0 Å². The summed E-state index contributed by atoms with van der Waals surface area (Å²) in [5.74, 6) is -1.28. The maximum Gasteiger partial charge on any atom is 0.326 e. The van der Waals surface area contributed by atoms with Crippen molar-refractivity contribution in [2.75, 3.05) is 0 Å². The van der Waals surface area contributed by atoms with Gasteiger partial charge in [-0.2, -0.15) is 0 Å². The van der Waals surface area contributed by atoms with Gasteiger partial charge in [-0.15, -0.1) is 0 Å². The summed E-state index contributed by atoms with van der Waals surface area (Å²) in [7, 11) is 0. The fourth-order valence-corrected chi connectivity index (χ4v) is 1.29. The molecule has 1 amide bonds. The fraction of sp³-hybridized carbons (Fsp3) is 0.778. The van der Waals surface area contributed by atoms with Gasteiger partial charge in [0, 0.05) is 6.92 Å². The summed E-state index contributed by atoms with van der Waals surface area (Å²) in [6.07, 6.45) is 1.72. The summed E-state index contributed by atoms with van der Waals surface area (Å²) in [6, 6.07) is -0.752. The third-order valence-corrected chi connectivity index (χ3v) is 1.94. The molecule has 0 aromatic heterocycles. The Hall–Kier alpha value is -1.06. The van der Waals surface area contributed by atoms with Crippen molar-refractivity contribution in [3.05, 3.63) is 0 Å². The van der Waals surface area contributed by atoms with Gasteiger partial charge in [0.1, 0.15) is 6.04 Å². The van der Waals surface area contributed by atoms with Crippen molar-refractivity contribution >= 4 is 11.9 Å². The van der Waals surface area contributed by atoms with E-state index >= 15 is 0 Å². The molecule has 0 saturated heterocycles. The Labute approximate surface area is 78.3 Å². The molecule has 0 rings (SSSR count). The summed E-state index contributed by atoms with van der Waals surface area (Å²) in [4.78, 5) is 21.4. The second-order valence-electron chi connectivity index (χ2n) is 3.28. The predicted molar refractivity (Wildman–Crippen MR) is 49.3 cm³/mol. The van der Waals surface area contributed by atoms with Crippen molar-refractivity contribution < 1.29 is 14.7 Å². The van der Waals surface area contributed by atoms with Crippen LogP contribution in [-0.2, 0) is 9.59 Å². The lowest BCUT2D eigenvalue weighted by atomic mass is 9.97. The summed E-state index contributed by atoms with van der Waals surface area (Å²) in [5, 5.41) is 11.2. The molecule has 0 heterocycles. The Bertz CT molecular complexity index is 191. The van der Waals surface area contributed by atoms with Crippen molar-refractivity contribution in [3.8, 4) is 0 Å². The maximum atomic E-state index is 10.7. The number of nitrogens with one attached hydrogen (secondary N) is 1. The van der Waals surface area contributed by atoms with E-state index in [0.29, 0.717) is 0 Å². The standard InChI is InChI=1S/C9H17NO3/c1-4-5-6(2)8(9(12)13)10-7(3)11/h6,8H,4-5H2,1-3H3,(H,10,11)(H,12,13). The van der Waals surface area contributed by atoms with Crippen LogP contribution in [0, 0.1) is 5.92 Å². The molecule has 0 saturated carbocycles. The molecular formula is C9H17NO3. The molecule has 2 unspecified atom stereocenters. The zero-order valence-corrected chi connectivity index (χ0v) is 8.33. The van der Waals surface area contributed by atoms with Gasteiger partial charge >= 0.3 is 5.97 Å². The van der Waals surface area contributed by atoms with Gasteiger partial charge in [0.05, 0.1) is 0 Å². The van der Waals surface area contributed by atoms with E-state index < -0.39 is 12.0 Å². The summed E-state index contributed by atoms with van der Waals surface area (Å²) in [6.45, 7) is 5.15. The van der Waals surface area contributed by atoms with E-state index in [2.05, 4.69) is 5.32 Å². The molecule has 0 aromatic carbocycles. The molecule has 0 aliphatic heterocycles. The van der Waals surface area contributed by atoms with Gasteiger partial charge in [-0.25, -0.2) is 4.79 Å². The van der Waals surface area contributed by atoms with Crippen molar-refractivity contribution in [2.24, 2.45) is 5.92 Å². The predicted octanol–water partition coefficient (Wildman–Crippen LogP) is 1.01. The Morgan fingerprint density at radius 1 is 1.46 bits per heavy atom. The van der Waals surface area contributed by atoms with Crippen LogP contribution in [0.2, 0.25) is 0 Å². The Morgan fingerprint density at radius 3 is 2.31 bits per heavy atom. The molecule has 0 aliphatic carbocycles. The van der Waals surface area contributed by atoms with Gasteiger partial charge in [0.2, 0.25) is 5.91 Å². The number of hydrogen-bond acceptors (Lipinski definition) is 2. The molecule has 0 radical (unpaired) electrons. The molecule has 0 spiro atoms. The van der Waals surface area contributed by atoms with Crippen LogP contribution in [0.3, 0.4) is 0 Å². The van der Waals surface area contributed by atoms with Crippen LogP contribution in [-0.4, -0.2) is 23.0 Å². The van der Waals surface area contributed by atoms with Crippen molar-refractivity contribution in [2.45, 2.75) is 39.7 Å². The van der Waals surface area contributed by atoms with Crippen LogP contribution in [0.4, 0.5) is 0 Å². The van der Waals surface area contributed by atoms with E-state index in [4.69, 9.17) is 5.11 Å². The Balaban J connectivity index is 4.23. The average Bonchev–Trinajstić information content (AvgIpc) is 1.99. The maximum absolute atomic E-state index is 10.7. The van der Waals surface area contributed by atoms with Gasteiger partial charge < -0.3 is 10.4 Å². The van der Waals surface area contributed by atoms with E-state index in [1.807, 2.05) is 13.8 Å².